The number of hydrogen-bond donors (Lipinski definition) is 0. The maximum Gasteiger partial charge on any atom is 2.00 e. The average Bonchev–Trinajstić information content (AvgIpc) is 3.30. The van der Waals surface area contributed by atoms with Gasteiger partial charge in [-0.05, 0) is 43.7 Å². The molecule has 0 aromatic heterocycles. The molecule has 2 aliphatic carbocycles. The van der Waals surface area contributed by atoms with Crippen molar-refractivity contribution in [3.8, 4) is 29.8 Å². The number of benzene rings is 2. The fraction of sp³-hybridized carbons (Fsp3) is 0.103. The molecule has 4 rings (SSSR count). The molecule has 1 radical (unpaired) electrons. The van der Waals surface area contributed by atoms with Crippen molar-refractivity contribution in [3.63, 3.8) is 0 Å². The van der Waals surface area contributed by atoms with Crippen LogP contribution in [0.3, 0.4) is 0 Å². The van der Waals surface area contributed by atoms with E-state index in [1.54, 1.807) is 6.07 Å². The number of nitriles is 1. The molecule has 0 amide bonds. The first-order valence-corrected chi connectivity index (χ1v) is 10.5. The number of fused-ring (bicyclic) bond motifs is 1. The molecule has 0 aliphatic heterocycles. The summed E-state index contributed by atoms with van der Waals surface area (Å²) in [5.41, 5.74) is 3.50. The van der Waals surface area contributed by atoms with Gasteiger partial charge in [0, 0.05) is 24.0 Å². The van der Waals surface area contributed by atoms with Gasteiger partial charge in [-0.25, -0.2) is 0 Å². The van der Waals surface area contributed by atoms with E-state index in [1.807, 2.05) is 74.5 Å². The van der Waals surface area contributed by atoms with E-state index in [9.17, 15) is 17.3 Å². The van der Waals surface area contributed by atoms with E-state index < -0.39 is 7.25 Å². The second kappa shape index (κ2) is 22.0. The largest absolute Gasteiger partial charge is 2.00 e. The Kier molecular flexibility index (Phi) is 21.2. The van der Waals surface area contributed by atoms with Crippen LogP contribution in [-0.4, -0.2) is 7.25 Å². The van der Waals surface area contributed by atoms with Gasteiger partial charge in [0.25, 0.3) is 0 Å². The summed E-state index contributed by atoms with van der Waals surface area (Å²) in [6, 6.07) is 21.7. The molecule has 2 aromatic carbocycles. The minimum Gasteiger partial charge on any atom is -0.418 e. The topological polar surface area (TPSA) is 23.8 Å². The minimum atomic E-state index is -6.00. The van der Waals surface area contributed by atoms with Gasteiger partial charge in [0.15, 0.2) is 0 Å². The summed E-state index contributed by atoms with van der Waals surface area (Å²) in [5.74, 6) is 12.9. The summed E-state index contributed by atoms with van der Waals surface area (Å²) < 4.78 is 39.0. The van der Waals surface area contributed by atoms with Gasteiger partial charge in [-0.3, -0.25) is 0 Å². The molecule has 0 fully saturated rings. The zero-order chi connectivity index (χ0) is 26.4. The summed E-state index contributed by atoms with van der Waals surface area (Å²) in [5, 5.41) is 7.32. The number of nitrogens with zero attached hydrogens (tertiary/aromatic N) is 1. The van der Waals surface area contributed by atoms with Crippen LogP contribution >= 0.6 is 0 Å². The molecule has 0 atom stereocenters. The van der Waals surface area contributed by atoms with Crippen LogP contribution in [0.5, 0.6) is 0 Å². The quantitative estimate of drug-likeness (QED) is 0.178. The third kappa shape index (κ3) is 21.0. The van der Waals surface area contributed by atoms with Crippen molar-refractivity contribution >= 4 is 7.25 Å². The van der Waals surface area contributed by atoms with Crippen molar-refractivity contribution in [2.75, 3.05) is 0 Å². The molecule has 0 unspecified atom stereocenters. The molecule has 2 aromatic rings. The Morgan fingerprint density at radius 1 is 0.639 bits per heavy atom. The van der Waals surface area contributed by atoms with Crippen LogP contribution in [0.2, 0.25) is 0 Å². The molecule has 0 bridgehead atoms. The summed E-state index contributed by atoms with van der Waals surface area (Å²) >= 11 is 0. The van der Waals surface area contributed by atoms with E-state index in [0.29, 0.717) is 0 Å². The Labute approximate surface area is 226 Å². The fourth-order valence-electron chi connectivity index (χ4n) is 2.40. The van der Waals surface area contributed by atoms with Crippen molar-refractivity contribution in [1.82, 2.24) is 0 Å². The van der Waals surface area contributed by atoms with Gasteiger partial charge in [0.05, 0.1) is 6.07 Å². The average molecular weight is 571 g/mol. The molecule has 183 valence electrons. The fourth-order valence-corrected chi connectivity index (χ4v) is 2.40. The van der Waals surface area contributed by atoms with Crippen LogP contribution in [0.15, 0.2) is 109 Å². The monoisotopic (exact) mass is 573 g/mol. The molecule has 0 saturated carbocycles. The number of rotatable bonds is 0. The summed E-state index contributed by atoms with van der Waals surface area (Å²) in [4.78, 5) is 0. The van der Waals surface area contributed by atoms with Gasteiger partial charge in [0.1, 0.15) is 0 Å². The summed E-state index contributed by atoms with van der Waals surface area (Å²) in [6.45, 7) is 5.11. The van der Waals surface area contributed by atoms with Gasteiger partial charge < -0.3 is 17.3 Å². The van der Waals surface area contributed by atoms with Crippen molar-refractivity contribution in [3.05, 3.63) is 126 Å². The molecule has 1 nitrogen and oxygen atoms in total. The molecule has 0 saturated heterocycles. The minimum absolute atomic E-state index is 0. The van der Waals surface area contributed by atoms with Crippen LogP contribution in [0.25, 0.3) is 0 Å². The zero-order valence-electron chi connectivity index (χ0n) is 20.3. The maximum atomic E-state index is 9.75. The predicted molar refractivity (Wildman–Crippen MR) is 138 cm³/mol. The molecule has 36 heavy (non-hydrogen) atoms. The third-order valence-corrected chi connectivity index (χ3v) is 3.63. The smallest absolute Gasteiger partial charge is 0.418 e. The van der Waals surface area contributed by atoms with Crippen molar-refractivity contribution in [2.24, 2.45) is 0 Å². The van der Waals surface area contributed by atoms with E-state index in [2.05, 4.69) is 66.2 Å². The van der Waals surface area contributed by atoms with E-state index >= 15 is 0 Å². The van der Waals surface area contributed by atoms with E-state index in [-0.39, 0.29) is 21.1 Å². The molecular weight excluding hydrogens is 545 g/mol. The Morgan fingerprint density at radius 3 is 1.36 bits per heavy atom. The molecule has 0 heterocycles. The molecule has 0 N–H and O–H groups in total. The third-order valence-electron chi connectivity index (χ3n) is 3.63. The van der Waals surface area contributed by atoms with Gasteiger partial charge in [-0.15, -0.1) is 11.8 Å². The first-order valence-electron chi connectivity index (χ1n) is 10.5. The molecule has 7 heteroatoms. The zero-order valence-corrected chi connectivity index (χ0v) is 22.3. The van der Waals surface area contributed by atoms with Gasteiger partial charge in [-0.1, -0.05) is 90.8 Å². The standard InChI is InChI=1S/C9H7.2C9H8.C2H3N.BF4.Mo/c1-2-5-9-7-3-6-8(9)4-1;2*1-2-6-9-7-4-3-5-8-9;1-2-3;2-1(3,4)5;/h1-7H;2*3-5,7-8H,1H3;1H3;;/q;;;;-1;+2. The van der Waals surface area contributed by atoms with E-state index in [4.69, 9.17) is 5.26 Å². The van der Waals surface area contributed by atoms with Crippen LogP contribution < -0.4 is 0 Å². The van der Waals surface area contributed by atoms with Gasteiger partial charge in [0.2, 0.25) is 0 Å². The maximum absolute atomic E-state index is 9.75. The Hall–Kier alpha value is -3.52. The van der Waals surface area contributed by atoms with Crippen LogP contribution in [0.1, 0.15) is 31.9 Å². The summed E-state index contributed by atoms with van der Waals surface area (Å²) in [6.07, 6.45) is 14.7. The second-order valence-electron chi connectivity index (χ2n) is 6.36. The van der Waals surface area contributed by atoms with E-state index in [0.717, 1.165) is 11.1 Å². The van der Waals surface area contributed by atoms with Crippen LogP contribution in [0.4, 0.5) is 17.3 Å². The second-order valence-corrected chi connectivity index (χ2v) is 6.36. The van der Waals surface area contributed by atoms with Crippen molar-refractivity contribution in [1.29, 1.82) is 5.26 Å². The predicted octanol–water partition coefficient (Wildman–Crippen LogP) is 8.13. The van der Waals surface area contributed by atoms with Gasteiger partial charge in [-0.2, -0.15) is 5.26 Å². The Bertz CT molecular complexity index is 1080. The Balaban J connectivity index is 0. The van der Waals surface area contributed by atoms with Gasteiger partial charge >= 0.3 is 28.3 Å². The molecule has 2 aliphatic rings. The summed E-state index contributed by atoms with van der Waals surface area (Å²) in [7, 11) is -6.00. The van der Waals surface area contributed by atoms with Crippen LogP contribution in [0, 0.1) is 40.9 Å². The van der Waals surface area contributed by atoms with E-state index in [1.165, 1.54) is 18.4 Å². The van der Waals surface area contributed by atoms with Crippen molar-refractivity contribution < 1.29 is 38.3 Å². The first kappa shape index (κ1) is 34.6. The molecular formula is C29H26BF4MoN+. The normalized spacial score (nSPS) is 11.3. The SMILES string of the molecule is C1=C[C]2C=CC=C2C=C1.CC#Cc1ccccc1.CC#Cc1ccccc1.CC#N.F[B-](F)(F)F.[Mo+2]. The first-order chi connectivity index (χ1) is 16.7. The van der Waals surface area contributed by atoms with Crippen molar-refractivity contribution in [2.45, 2.75) is 20.8 Å². The number of halogens is 4. The number of allylic oxidation sites excluding steroid dienone is 8. The molecule has 0 spiro atoms. The Morgan fingerprint density at radius 2 is 1.00 bits per heavy atom. The van der Waals surface area contributed by atoms with Crippen LogP contribution in [-0.2, 0) is 21.1 Å². The number of hydrogen-bond acceptors (Lipinski definition) is 1.